The normalized spacial score (nSPS) is 24.1. The molecule has 5 nitrogen and oxygen atoms in total. The van der Waals surface area contributed by atoms with Crippen LogP contribution in [0.15, 0.2) is 6.07 Å². The van der Waals surface area contributed by atoms with Crippen molar-refractivity contribution in [3.8, 4) is 5.88 Å². The van der Waals surface area contributed by atoms with Gasteiger partial charge in [-0.05, 0) is 32.7 Å². The maximum atomic E-state index is 5.73. The molecule has 1 aromatic heterocycles. The Kier molecular flexibility index (Phi) is 3.47. The molecule has 0 radical (unpaired) electrons. The van der Waals surface area contributed by atoms with Gasteiger partial charge in [0.05, 0.1) is 7.11 Å². The van der Waals surface area contributed by atoms with E-state index in [0.29, 0.717) is 17.8 Å². The molecule has 1 aliphatic rings. The summed E-state index contributed by atoms with van der Waals surface area (Å²) in [6.45, 7) is 5.80. The highest BCUT2D eigenvalue weighted by Crippen LogP contribution is 2.27. The predicted octanol–water partition coefficient (Wildman–Crippen LogP) is 0.967. The number of methoxy groups -OCH3 is 1. The Morgan fingerprint density at radius 3 is 2.88 bits per heavy atom. The van der Waals surface area contributed by atoms with E-state index in [9.17, 15) is 0 Å². The van der Waals surface area contributed by atoms with Crippen molar-refractivity contribution in [2.24, 2.45) is 11.7 Å². The lowest BCUT2D eigenvalue weighted by atomic mass is 10.1. The molecule has 5 heteroatoms. The summed E-state index contributed by atoms with van der Waals surface area (Å²) in [5.41, 5.74) is 6.66. The van der Waals surface area contributed by atoms with Crippen molar-refractivity contribution in [2.75, 3.05) is 25.1 Å². The first kappa shape index (κ1) is 12.1. The van der Waals surface area contributed by atoms with E-state index in [2.05, 4.69) is 21.8 Å². The van der Waals surface area contributed by atoms with Crippen LogP contribution in [0, 0.1) is 12.8 Å². The Labute approximate surface area is 102 Å². The van der Waals surface area contributed by atoms with Gasteiger partial charge in [0.25, 0.3) is 0 Å². The van der Waals surface area contributed by atoms with Crippen LogP contribution in [0.5, 0.6) is 5.88 Å². The summed E-state index contributed by atoms with van der Waals surface area (Å²) >= 11 is 0. The quantitative estimate of drug-likeness (QED) is 0.847. The van der Waals surface area contributed by atoms with Crippen molar-refractivity contribution in [2.45, 2.75) is 26.3 Å². The van der Waals surface area contributed by atoms with Crippen molar-refractivity contribution in [1.82, 2.24) is 9.97 Å². The van der Waals surface area contributed by atoms with Crippen molar-refractivity contribution in [3.05, 3.63) is 11.8 Å². The molecule has 0 saturated carbocycles. The molecule has 2 atom stereocenters. The molecule has 1 fully saturated rings. The SMILES string of the molecule is COc1cc(C)nc(N2CC(CN)CC2C)n1. The largest absolute Gasteiger partial charge is 0.481 e. The summed E-state index contributed by atoms with van der Waals surface area (Å²) in [6, 6.07) is 2.28. The topological polar surface area (TPSA) is 64.3 Å². The van der Waals surface area contributed by atoms with Crippen LogP contribution in [0.1, 0.15) is 19.0 Å². The zero-order chi connectivity index (χ0) is 12.4. The van der Waals surface area contributed by atoms with E-state index in [-0.39, 0.29) is 0 Å². The highest BCUT2D eigenvalue weighted by atomic mass is 16.5. The maximum absolute atomic E-state index is 5.73. The second-order valence-electron chi connectivity index (χ2n) is 4.69. The molecular weight excluding hydrogens is 216 g/mol. The summed E-state index contributed by atoms with van der Waals surface area (Å²) < 4.78 is 5.18. The third kappa shape index (κ3) is 2.49. The fraction of sp³-hybridized carbons (Fsp3) is 0.667. The lowest BCUT2D eigenvalue weighted by Gasteiger charge is -2.21. The molecule has 0 bridgehead atoms. The standard InChI is InChI=1S/C12H20N4O/c1-8-4-11(17-3)15-12(14-8)16-7-10(6-13)5-9(16)2/h4,9-10H,5-7,13H2,1-3H3. The Morgan fingerprint density at radius 2 is 2.29 bits per heavy atom. The number of aromatic nitrogens is 2. The summed E-state index contributed by atoms with van der Waals surface area (Å²) in [5, 5.41) is 0. The van der Waals surface area contributed by atoms with E-state index < -0.39 is 0 Å². The molecule has 2 rings (SSSR count). The van der Waals surface area contributed by atoms with Gasteiger partial charge in [0.15, 0.2) is 0 Å². The smallest absolute Gasteiger partial charge is 0.229 e. The number of rotatable bonds is 3. The first-order valence-electron chi connectivity index (χ1n) is 6.00. The van der Waals surface area contributed by atoms with Gasteiger partial charge in [0.2, 0.25) is 11.8 Å². The molecule has 0 spiro atoms. The minimum absolute atomic E-state index is 0.440. The average molecular weight is 236 g/mol. The number of aryl methyl sites for hydroxylation is 1. The van der Waals surface area contributed by atoms with Crippen LogP contribution < -0.4 is 15.4 Å². The minimum Gasteiger partial charge on any atom is -0.481 e. The van der Waals surface area contributed by atoms with Crippen LogP contribution >= 0.6 is 0 Å². The van der Waals surface area contributed by atoms with Crippen LogP contribution in [-0.2, 0) is 0 Å². The second kappa shape index (κ2) is 4.87. The van der Waals surface area contributed by atoms with Gasteiger partial charge in [-0.15, -0.1) is 0 Å². The number of ether oxygens (including phenoxy) is 1. The molecule has 0 amide bonds. The van der Waals surface area contributed by atoms with E-state index in [1.165, 1.54) is 0 Å². The molecule has 1 aliphatic heterocycles. The van der Waals surface area contributed by atoms with Crippen molar-refractivity contribution < 1.29 is 4.74 Å². The summed E-state index contributed by atoms with van der Waals surface area (Å²) in [7, 11) is 1.63. The molecule has 0 aromatic carbocycles. The van der Waals surface area contributed by atoms with Crippen LogP contribution in [-0.4, -0.2) is 36.2 Å². The number of nitrogens with two attached hydrogens (primary N) is 1. The van der Waals surface area contributed by atoms with Crippen molar-refractivity contribution in [3.63, 3.8) is 0 Å². The van der Waals surface area contributed by atoms with E-state index in [0.717, 1.165) is 31.2 Å². The van der Waals surface area contributed by atoms with Gasteiger partial charge in [-0.1, -0.05) is 0 Å². The third-order valence-electron chi connectivity index (χ3n) is 3.28. The lowest BCUT2D eigenvalue weighted by Crippen LogP contribution is -2.29. The fourth-order valence-electron chi connectivity index (χ4n) is 2.35. The summed E-state index contributed by atoms with van der Waals surface area (Å²) in [5.74, 6) is 1.92. The number of hydrogen-bond donors (Lipinski definition) is 1. The Morgan fingerprint density at radius 1 is 1.53 bits per heavy atom. The highest BCUT2D eigenvalue weighted by molar-refractivity contribution is 5.37. The van der Waals surface area contributed by atoms with E-state index in [1.54, 1.807) is 7.11 Å². The molecule has 2 unspecified atom stereocenters. The molecule has 1 aromatic rings. The van der Waals surface area contributed by atoms with Crippen LogP contribution in [0.3, 0.4) is 0 Å². The molecule has 94 valence electrons. The number of hydrogen-bond acceptors (Lipinski definition) is 5. The van der Waals surface area contributed by atoms with Gasteiger partial charge in [0, 0.05) is 24.3 Å². The average Bonchev–Trinajstić information content (AvgIpc) is 2.69. The van der Waals surface area contributed by atoms with Gasteiger partial charge in [-0.3, -0.25) is 0 Å². The van der Waals surface area contributed by atoms with Crippen LogP contribution in [0.4, 0.5) is 5.95 Å². The summed E-state index contributed by atoms with van der Waals surface area (Å²) in [6.07, 6.45) is 1.11. The monoisotopic (exact) mass is 236 g/mol. The third-order valence-corrected chi connectivity index (χ3v) is 3.28. The Balaban J connectivity index is 2.24. The van der Waals surface area contributed by atoms with Gasteiger partial charge in [-0.25, -0.2) is 4.98 Å². The zero-order valence-electron chi connectivity index (χ0n) is 10.7. The van der Waals surface area contributed by atoms with Crippen LogP contribution in [0.25, 0.3) is 0 Å². The fourth-order valence-corrected chi connectivity index (χ4v) is 2.35. The molecule has 2 N–H and O–H groups in total. The lowest BCUT2D eigenvalue weighted by molar-refractivity contribution is 0.396. The second-order valence-corrected chi connectivity index (χ2v) is 4.69. The Hall–Kier alpha value is -1.36. The molecule has 1 saturated heterocycles. The first-order chi connectivity index (χ1) is 8.13. The molecule has 17 heavy (non-hydrogen) atoms. The molecule has 0 aliphatic carbocycles. The maximum Gasteiger partial charge on any atom is 0.229 e. The van der Waals surface area contributed by atoms with E-state index in [1.807, 2.05) is 13.0 Å². The highest BCUT2D eigenvalue weighted by Gasteiger charge is 2.30. The van der Waals surface area contributed by atoms with E-state index >= 15 is 0 Å². The zero-order valence-corrected chi connectivity index (χ0v) is 10.7. The molecular formula is C12H20N4O. The van der Waals surface area contributed by atoms with Gasteiger partial charge in [-0.2, -0.15) is 4.98 Å². The van der Waals surface area contributed by atoms with Gasteiger partial charge >= 0.3 is 0 Å². The summed E-state index contributed by atoms with van der Waals surface area (Å²) in [4.78, 5) is 11.1. The van der Waals surface area contributed by atoms with Crippen molar-refractivity contribution in [1.29, 1.82) is 0 Å². The number of anilines is 1. The van der Waals surface area contributed by atoms with Crippen molar-refractivity contribution >= 4 is 5.95 Å². The Bertz CT molecular complexity index is 396. The molecule has 2 heterocycles. The first-order valence-corrected chi connectivity index (χ1v) is 6.00. The minimum atomic E-state index is 0.440. The van der Waals surface area contributed by atoms with Crippen LogP contribution in [0.2, 0.25) is 0 Å². The van der Waals surface area contributed by atoms with E-state index in [4.69, 9.17) is 10.5 Å². The predicted molar refractivity (Wildman–Crippen MR) is 67.3 cm³/mol. The van der Waals surface area contributed by atoms with Gasteiger partial charge in [0.1, 0.15) is 0 Å². The van der Waals surface area contributed by atoms with Gasteiger partial charge < -0.3 is 15.4 Å². The number of nitrogens with zero attached hydrogens (tertiary/aromatic N) is 3.